The summed E-state index contributed by atoms with van der Waals surface area (Å²) in [7, 11) is -4.01. The third-order valence-corrected chi connectivity index (χ3v) is 9.12. The second kappa shape index (κ2) is 7.71. The lowest BCUT2D eigenvalue weighted by Gasteiger charge is -2.41. The first kappa shape index (κ1) is 20.9. The highest BCUT2D eigenvalue weighted by Gasteiger charge is 2.52. The largest absolute Gasteiger partial charge is 0.288 e. The SMILES string of the molecule is CC1=CC=C(SC(F)F)C(c2ccccc2)C1(C)S(=O)(=O)n1ccc2ccccc21. The van der Waals surface area contributed by atoms with Crippen LogP contribution in [0.25, 0.3) is 10.9 Å². The van der Waals surface area contributed by atoms with Crippen molar-refractivity contribution in [1.82, 2.24) is 3.97 Å². The molecule has 1 heterocycles. The smallest absolute Gasteiger partial charge is 0.244 e. The van der Waals surface area contributed by atoms with E-state index in [2.05, 4.69) is 0 Å². The van der Waals surface area contributed by atoms with Crippen molar-refractivity contribution in [2.75, 3.05) is 0 Å². The minimum Gasteiger partial charge on any atom is -0.244 e. The van der Waals surface area contributed by atoms with Crippen LogP contribution in [0, 0.1) is 0 Å². The lowest BCUT2D eigenvalue weighted by atomic mass is 9.79. The van der Waals surface area contributed by atoms with Crippen LogP contribution < -0.4 is 0 Å². The lowest BCUT2D eigenvalue weighted by molar-refractivity contribution is 0.252. The van der Waals surface area contributed by atoms with E-state index in [4.69, 9.17) is 0 Å². The zero-order valence-electron chi connectivity index (χ0n) is 16.5. The molecule has 2 unspecified atom stereocenters. The van der Waals surface area contributed by atoms with Crippen LogP contribution in [0.2, 0.25) is 0 Å². The van der Waals surface area contributed by atoms with Crippen molar-refractivity contribution in [2.45, 2.75) is 30.3 Å². The highest BCUT2D eigenvalue weighted by atomic mass is 32.2. The second-order valence-electron chi connectivity index (χ2n) is 7.42. The van der Waals surface area contributed by atoms with Gasteiger partial charge in [0.25, 0.3) is 5.76 Å². The van der Waals surface area contributed by atoms with Crippen molar-refractivity contribution in [3.63, 3.8) is 0 Å². The fourth-order valence-corrected chi connectivity index (χ4v) is 7.16. The molecule has 0 spiro atoms. The van der Waals surface area contributed by atoms with E-state index < -0.39 is 26.4 Å². The highest BCUT2D eigenvalue weighted by molar-refractivity contribution is 8.03. The number of halogens is 2. The number of allylic oxidation sites excluding steroid dienone is 3. The molecule has 0 N–H and O–H groups in total. The van der Waals surface area contributed by atoms with E-state index in [-0.39, 0.29) is 0 Å². The number of hydrogen-bond acceptors (Lipinski definition) is 3. The fraction of sp³-hybridized carbons (Fsp3) is 0.217. The van der Waals surface area contributed by atoms with E-state index in [1.54, 1.807) is 74.7 Å². The molecule has 1 aromatic heterocycles. The first-order chi connectivity index (χ1) is 14.3. The van der Waals surface area contributed by atoms with Gasteiger partial charge in [-0.15, -0.1) is 0 Å². The molecule has 7 heteroatoms. The van der Waals surface area contributed by atoms with Crippen molar-refractivity contribution in [2.24, 2.45) is 0 Å². The summed E-state index contributed by atoms with van der Waals surface area (Å²) in [5, 5.41) is 0.802. The summed E-state index contributed by atoms with van der Waals surface area (Å²) in [6, 6.07) is 18.0. The van der Waals surface area contributed by atoms with Gasteiger partial charge in [-0.2, -0.15) is 8.78 Å². The van der Waals surface area contributed by atoms with Gasteiger partial charge in [0.1, 0.15) is 4.75 Å². The Balaban J connectivity index is 1.97. The number of alkyl halides is 2. The maximum absolute atomic E-state index is 14.1. The Morgan fingerprint density at radius 2 is 1.67 bits per heavy atom. The van der Waals surface area contributed by atoms with Crippen LogP contribution >= 0.6 is 11.8 Å². The van der Waals surface area contributed by atoms with Gasteiger partial charge in [0.15, 0.2) is 0 Å². The number of hydrogen-bond donors (Lipinski definition) is 0. The number of fused-ring (bicyclic) bond motifs is 1. The monoisotopic (exact) mass is 445 g/mol. The Bertz CT molecular complexity index is 1250. The molecule has 0 radical (unpaired) electrons. The summed E-state index contributed by atoms with van der Waals surface area (Å²) < 4.78 is 54.8. The molecule has 2 atom stereocenters. The van der Waals surface area contributed by atoms with Crippen LogP contribution in [0.1, 0.15) is 25.3 Å². The summed E-state index contributed by atoms with van der Waals surface area (Å²) in [6.07, 6.45) is 4.81. The molecule has 30 heavy (non-hydrogen) atoms. The van der Waals surface area contributed by atoms with E-state index in [0.29, 0.717) is 33.3 Å². The maximum Gasteiger partial charge on any atom is 0.288 e. The molecule has 0 saturated carbocycles. The van der Waals surface area contributed by atoms with Crippen LogP contribution in [0.5, 0.6) is 0 Å². The van der Waals surface area contributed by atoms with E-state index in [1.807, 2.05) is 18.2 Å². The molecule has 2 aromatic carbocycles. The van der Waals surface area contributed by atoms with Crippen LogP contribution in [0.4, 0.5) is 8.78 Å². The summed E-state index contributed by atoms with van der Waals surface area (Å²) in [5.41, 5.74) is 1.86. The molecule has 1 aliphatic carbocycles. The Hall–Kier alpha value is -2.38. The Morgan fingerprint density at radius 3 is 2.37 bits per heavy atom. The van der Waals surface area contributed by atoms with Crippen molar-refractivity contribution < 1.29 is 17.2 Å². The first-order valence-corrected chi connectivity index (χ1v) is 11.8. The fourth-order valence-electron chi connectivity index (χ4n) is 4.13. The van der Waals surface area contributed by atoms with Crippen molar-refractivity contribution in [1.29, 1.82) is 0 Å². The van der Waals surface area contributed by atoms with Crippen molar-refractivity contribution in [3.05, 3.63) is 95.1 Å². The van der Waals surface area contributed by atoms with Gasteiger partial charge in [-0.05, 0) is 42.0 Å². The lowest BCUT2D eigenvalue weighted by Crippen LogP contribution is -2.47. The number of aromatic nitrogens is 1. The maximum atomic E-state index is 14.1. The molecule has 0 aliphatic heterocycles. The van der Waals surface area contributed by atoms with Crippen LogP contribution in [0.15, 0.2) is 89.5 Å². The van der Waals surface area contributed by atoms with Crippen molar-refractivity contribution >= 4 is 32.7 Å². The second-order valence-corrected chi connectivity index (χ2v) is 10.7. The van der Waals surface area contributed by atoms with Gasteiger partial charge < -0.3 is 0 Å². The molecule has 0 saturated heterocycles. The van der Waals surface area contributed by atoms with Gasteiger partial charge in [-0.3, -0.25) is 0 Å². The van der Waals surface area contributed by atoms with E-state index in [0.717, 1.165) is 5.39 Å². The van der Waals surface area contributed by atoms with Gasteiger partial charge >= 0.3 is 0 Å². The van der Waals surface area contributed by atoms with Gasteiger partial charge in [0.05, 0.1) is 5.52 Å². The van der Waals surface area contributed by atoms with Gasteiger partial charge in [0.2, 0.25) is 10.0 Å². The average molecular weight is 446 g/mol. The molecular formula is C23H21F2NO2S2. The minimum atomic E-state index is -4.01. The van der Waals surface area contributed by atoms with Gasteiger partial charge in [0, 0.05) is 17.5 Å². The summed E-state index contributed by atoms with van der Waals surface area (Å²) in [4.78, 5) is 0.337. The summed E-state index contributed by atoms with van der Waals surface area (Å²) >= 11 is 0.409. The third-order valence-electron chi connectivity index (χ3n) is 5.83. The molecule has 156 valence electrons. The normalized spacial score (nSPS) is 22.2. The molecule has 3 nitrogen and oxygen atoms in total. The molecule has 4 rings (SSSR count). The number of para-hydroxylation sites is 1. The van der Waals surface area contributed by atoms with Crippen LogP contribution in [0.3, 0.4) is 0 Å². The van der Waals surface area contributed by atoms with Crippen LogP contribution in [-0.2, 0) is 10.0 Å². The van der Waals surface area contributed by atoms with E-state index in [9.17, 15) is 17.2 Å². The molecular weight excluding hydrogens is 424 g/mol. The predicted octanol–water partition coefficient (Wildman–Crippen LogP) is 6.16. The molecule has 0 amide bonds. The first-order valence-electron chi connectivity index (χ1n) is 9.46. The number of thioether (sulfide) groups is 1. The van der Waals surface area contributed by atoms with E-state index >= 15 is 0 Å². The molecule has 3 aromatic rings. The van der Waals surface area contributed by atoms with Crippen LogP contribution in [-0.4, -0.2) is 22.9 Å². The quantitative estimate of drug-likeness (QED) is 0.472. The number of rotatable bonds is 5. The van der Waals surface area contributed by atoms with Gasteiger partial charge in [-0.1, -0.05) is 72.4 Å². The van der Waals surface area contributed by atoms with E-state index in [1.165, 1.54) is 3.97 Å². The Morgan fingerprint density at radius 1 is 1.00 bits per heavy atom. The Labute approximate surface area is 179 Å². The molecule has 1 aliphatic rings. The predicted molar refractivity (Wildman–Crippen MR) is 119 cm³/mol. The van der Waals surface area contributed by atoms with Crippen molar-refractivity contribution in [3.8, 4) is 0 Å². The molecule has 0 bridgehead atoms. The zero-order chi connectivity index (χ0) is 21.5. The number of benzene rings is 2. The Kier molecular flexibility index (Phi) is 5.36. The van der Waals surface area contributed by atoms with Gasteiger partial charge in [-0.25, -0.2) is 12.4 Å². The highest BCUT2D eigenvalue weighted by Crippen LogP contribution is 2.52. The third kappa shape index (κ3) is 3.20. The average Bonchev–Trinajstić information content (AvgIpc) is 3.16. The zero-order valence-corrected chi connectivity index (χ0v) is 18.1. The number of nitrogens with zero attached hydrogens (tertiary/aromatic N) is 1. The summed E-state index contributed by atoms with van der Waals surface area (Å²) in [6.45, 7) is 3.39. The topological polar surface area (TPSA) is 39.1 Å². The summed E-state index contributed by atoms with van der Waals surface area (Å²) in [5.74, 6) is -3.40. The standard InChI is InChI=1S/C23H21F2NO2S2/c1-16-12-13-20(29-22(24)25)21(18-9-4-3-5-10-18)23(16,2)30(27,28)26-15-14-17-8-6-7-11-19(17)26/h3-15,21-22H,1-2H3. The minimum absolute atomic E-state index is 0.337. The molecule has 0 fully saturated rings.